The molecule has 0 fully saturated rings. The topological polar surface area (TPSA) is 99.3 Å². The molecule has 3 N–H and O–H groups in total. The number of amides is 1. The molecule has 0 unspecified atom stereocenters. The Labute approximate surface area is 120 Å². The molecule has 6 heteroatoms. The molecule has 108 valence electrons. The predicted molar refractivity (Wildman–Crippen MR) is 76.1 cm³/mol. The van der Waals surface area contributed by atoms with Gasteiger partial charge in [0, 0.05) is 24.2 Å². The van der Waals surface area contributed by atoms with Crippen molar-refractivity contribution in [3.63, 3.8) is 0 Å². The fourth-order valence-electron chi connectivity index (χ4n) is 1.88. The minimum atomic E-state index is -1.13. The van der Waals surface area contributed by atoms with E-state index < -0.39 is 23.5 Å². The van der Waals surface area contributed by atoms with Gasteiger partial charge in [0.15, 0.2) is 0 Å². The van der Waals surface area contributed by atoms with Gasteiger partial charge in [-0.2, -0.15) is 0 Å². The molecule has 1 aromatic carbocycles. The standard InChI is InChI=1S/C15H14N2O4/c18-13-9-11(6-7-16-13)14(19)17-12(15(20)21)8-10-4-2-1-3-5-10/h1-7,9,12H,8H2,(H,16,18)(H,17,19)(H,20,21)/t12-/m0/s1. The Kier molecular flexibility index (Phi) is 4.50. The van der Waals surface area contributed by atoms with Gasteiger partial charge in [-0.3, -0.25) is 9.59 Å². The number of pyridine rings is 1. The Morgan fingerprint density at radius 2 is 1.90 bits per heavy atom. The smallest absolute Gasteiger partial charge is 0.326 e. The van der Waals surface area contributed by atoms with Gasteiger partial charge in [0.05, 0.1) is 0 Å². The lowest BCUT2D eigenvalue weighted by atomic mass is 10.1. The quantitative estimate of drug-likeness (QED) is 0.757. The normalized spacial score (nSPS) is 11.6. The summed E-state index contributed by atoms with van der Waals surface area (Å²) < 4.78 is 0. The van der Waals surface area contributed by atoms with E-state index in [-0.39, 0.29) is 12.0 Å². The molecule has 2 rings (SSSR count). The van der Waals surface area contributed by atoms with Crippen LogP contribution in [0.25, 0.3) is 0 Å². The van der Waals surface area contributed by atoms with Crippen LogP contribution in [0.1, 0.15) is 15.9 Å². The minimum absolute atomic E-state index is 0.123. The van der Waals surface area contributed by atoms with E-state index in [1.807, 2.05) is 6.07 Å². The van der Waals surface area contributed by atoms with Crippen molar-refractivity contribution < 1.29 is 14.7 Å². The molecule has 1 aromatic heterocycles. The maximum atomic E-state index is 12.0. The summed E-state index contributed by atoms with van der Waals surface area (Å²) in [4.78, 5) is 36.8. The van der Waals surface area contributed by atoms with Crippen LogP contribution in [0.3, 0.4) is 0 Å². The Balaban J connectivity index is 2.11. The fraction of sp³-hybridized carbons (Fsp3) is 0.133. The number of hydrogen-bond acceptors (Lipinski definition) is 3. The molecule has 0 aliphatic rings. The number of carbonyl (C=O) groups excluding carboxylic acids is 1. The summed E-state index contributed by atoms with van der Waals surface area (Å²) in [5.74, 6) is -1.72. The van der Waals surface area contributed by atoms with Gasteiger partial charge in [-0.1, -0.05) is 30.3 Å². The maximum Gasteiger partial charge on any atom is 0.326 e. The SMILES string of the molecule is O=C(N[C@@H](Cc1ccccc1)C(=O)O)c1cc[nH]c(=O)c1. The first-order valence-corrected chi connectivity index (χ1v) is 6.32. The number of aromatic nitrogens is 1. The van der Waals surface area contributed by atoms with Gasteiger partial charge in [-0.05, 0) is 11.6 Å². The van der Waals surface area contributed by atoms with Crippen molar-refractivity contribution in [2.24, 2.45) is 0 Å². The second-order valence-electron chi connectivity index (χ2n) is 4.50. The van der Waals surface area contributed by atoms with Gasteiger partial charge >= 0.3 is 5.97 Å². The lowest BCUT2D eigenvalue weighted by Gasteiger charge is -2.14. The monoisotopic (exact) mass is 286 g/mol. The van der Waals surface area contributed by atoms with Crippen molar-refractivity contribution in [1.82, 2.24) is 10.3 Å². The van der Waals surface area contributed by atoms with Gasteiger partial charge in [0.2, 0.25) is 5.56 Å². The molecule has 6 nitrogen and oxygen atoms in total. The third-order valence-corrected chi connectivity index (χ3v) is 2.92. The van der Waals surface area contributed by atoms with Crippen molar-refractivity contribution in [1.29, 1.82) is 0 Å². The zero-order valence-corrected chi connectivity index (χ0v) is 11.1. The highest BCUT2D eigenvalue weighted by atomic mass is 16.4. The molecular formula is C15H14N2O4. The van der Waals surface area contributed by atoms with E-state index in [1.165, 1.54) is 12.3 Å². The van der Waals surface area contributed by atoms with E-state index in [0.717, 1.165) is 11.6 Å². The van der Waals surface area contributed by atoms with Gasteiger partial charge in [0.25, 0.3) is 5.91 Å². The number of carboxylic acid groups (broad SMARTS) is 1. The number of aliphatic carboxylic acids is 1. The molecule has 0 aliphatic heterocycles. The summed E-state index contributed by atoms with van der Waals surface area (Å²) in [7, 11) is 0. The summed E-state index contributed by atoms with van der Waals surface area (Å²) in [5, 5.41) is 11.6. The number of hydrogen-bond donors (Lipinski definition) is 3. The molecule has 2 aromatic rings. The average Bonchev–Trinajstić information content (AvgIpc) is 2.47. The number of H-pyrrole nitrogens is 1. The molecule has 0 aliphatic carbocycles. The zero-order valence-electron chi connectivity index (χ0n) is 11.1. The molecule has 0 radical (unpaired) electrons. The lowest BCUT2D eigenvalue weighted by molar-refractivity contribution is -0.139. The second-order valence-corrected chi connectivity index (χ2v) is 4.50. The third-order valence-electron chi connectivity index (χ3n) is 2.92. The number of benzene rings is 1. The van der Waals surface area contributed by atoms with Crippen LogP contribution in [0.4, 0.5) is 0 Å². The first-order valence-electron chi connectivity index (χ1n) is 6.32. The molecule has 1 heterocycles. The molecule has 1 atom stereocenters. The Hall–Kier alpha value is -2.89. The van der Waals surface area contributed by atoms with Crippen LogP contribution in [0, 0.1) is 0 Å². The highest BCUT2D eigenvalue weighted by molar-refractivity contribution is 5.96. The number of rotatable bonds is 5. The van der Waals surface area contributed by atoms with Crippen molar-refractivity contribution in [2.45, 2.75) is 12.5 Å². The van der Waals surface area contributed by atoms with Crippen LogP contribution in [0.15, 0.2) is 53.5 Å². The number of carbonyl (C=O) groups is 2. The van der Waals surface area contributed by atoms with E-state index >= 15 is 0 Å². The summed E-state index contributed by atoms with van der Waals surface area (Å²) in [5.41, 5.74) is 0.506. The fourth-order valence-corrected chi connectivity index (χ4v) is 1.88. The Morgan fingerprint density at radius 3 is 2.52 bits per heavy atom. The van der Waals surface area contributed by atoms with Crippen LogP contribution in [-0.4, -0.2) is 28.0 Å². The zero-order chi connectivity index (χ0) is 15.2. The van der Waals surface area contributed by atoms with Gasteiger partial charge in [0.1, 0.15) is 6.04 Å². The summed E-state index contributed by atoms with van der Waals surface area (Å²) in [6, 6.07) is 10.5. The van der Waals surface area contributed by atoms with E-state index in [2.05, 4.69) is 10.3 Å². The highest BCUT2D eigenvalue weighted by Gasteiger charge is 2.21. The molecule has 0 bridgehead atoms. The Bertz CT molecular complexity index is 694. The molecule has 0 saturated heterocycles. The summed E-state index contributed by atoms with van der Waals surface area (Å²) in [6.07, 6.45) is 1.51. The van der Waals surface area contributed by atoms with Gasteiger partial charge in [-0.15, -0.1) is 0 Å². The number of aromatic amines is 1. The van der Waals surface area contributed by atoms with Crippen LogP contribution < -0.4 is 10.9 Å². The minimum Gasteiger partial charge on any atom is -0.480 e. The summed E-state index contributed by atoms with van der Waals surface area (Å²) in [6.45, 7) is 0. The Morgan fingerprint density at radius 1 is 1.19 bits per heavy atom. The maximum absolute atomic E-state index is 12.0. The van der Waals surface area contributed by atoms with Crippen molar-refractivity contribution >= 4 is 11.9 Å². The van der Waals surface area contributed by atoms with Gasteiger partial charge < -0.3 is 15.4 Å². The van der Waals surface area contributed by atoms with Crippen molar-refractivity contribution in [2.75, 3.05) is 0 Å². The molecular weight excluding hydrogens is 272 g/mol. The van der Waals surface area contributed by atoms with Gasteiger partial charge in [-0.25, -0.2) is 4.79 Å². The van der Waals surface area contributed by atoms with Crippen LogP contribution in [0.2, 0.25) is 0 Å². The van der Waals surface area contributed by atoms with E-state index in [4.69, 9.17) is 0 Å². The van der Waals surface area contributed by atoms with Crippen LogP contribution in [-0.2, 0) is 11.2 Å². The largest absolute Gasteiger partial charge is 0.480 e. The van der Waals surface area contributed by atoms with E-state index in [1.54, 1.807) is 24.3 Å². The predicted octanol–water partition coefficient (Wildman–Crippen LogP) is 0.801. The first kappa shape index (κ1) is 14.5. The lowest BCUT2D eigenvalue weighted by Crippen LogP contribution is -2.42. The van der Waals surface area contributed by atoms with Crippen LogP contribution in [0.5, 0.6) is 0 Å². The second kappa shape index (κ2) is 6.51. The van der Waals surface area contributed by atoms with Crippen molar-refractivity contribution in [3.05, 3.63) is 70.1 Å². The van der Waals surface area contributed by atoms with E-state index in [0.29, 0.717) is 0 Å². The number of carboxylic acids is 1. The van der Waals surface area contributed by atoms with Crippen molar-refractivity contribution in [3.8, 4) is 0 Å². The highest BCUT2D eigenvalue weighted by Crippen LogP contribution is 2.04. The third kappa shape index (κ3) is 4.04. The van der Waals surface area contributed by atoms with Crippen LogP contribution >= 0.6 is 0 Å². The molecule has 0 saturated carbocycles. The molecule has 1 amide bonds. The van der Waals surface area contributed by atoms with E-state index in [9.17, 15) is 19.5 Å². The first-order chi connectivity index (χ1) is 10.1. The molecule has 21 heavy (non-hydrogen) atoms. The summed E-state index contributed by atoms with van der Waals surface area (Å²) >= 11 is 0. The number of nitrogens with one attached hydrogen (secondary N) is 2. The molecule has 0 spiro atoms. The average molecular weight is 286 g/mol.